The van der Waals surface area contributed by atoms with Crippen molar-refractivity contribution >= 4 is 26.8 Å². The molecule has 1 saturated heterocycles. The Morgan fingerprint density at radius 3 is 2.66 bits per heavy atom. The number of benzene rings is 1. The number of hydrogen-bond donors (Lipinski definition) is 1. The van der Waals surface area contributed by atoms with Crippen molar-refractivity contribution in [3.8, 4) is 0 Å². The second-order valence-corrected chi connectivity index (χ2v) is 9.68. The minimum Gasteiger partial charge on any atom is -0.353 e. The second kappa shape index (κ2) is 9.19. The Morgan fingerprint density at radius 2 is 1.97 bits per heavy atom. The van der Waals surface area contributed by atoms with E-state index in [0.717, 1.165) is 23.8 Å². The first-order chi connectivity index (χ1) is 13.8. The number of rotatable bonds is 7. The van der Waals surface area contributed by atoms with Crippen LogP contribution in [0, 0.1) is 6.92 Å². The molecule has 7 nitrogen and oxygen atoms in total. The van der Waals surface area contributed by atoms with Crippen LogP contribution in [0.4, 0.5) is 0 Å². The number of nitrogens with zero attached hydrogens (tertiary/aromatic N) is 3. The highest BCUT2D eigenvalue weighted by molar-refractivity contribution is 7.89. The number of hydrogen-bond acceptors (Lipinski definition) is 5. The monoisotopic (exact) mass is 418 g/mol. The van der Waals surface area contributed by atoms with Gasteiger partial charge in [-0.25, -0.2) is 8.42 Å². The molecule has 1 aromatic heterocycles. The quantitative estimate of drug-likeness (QED) is 0.745. The van der Waals surface area contributed by atoms with Crippen molar-refractivity contribution in [3.05, 3.63) is 36.0 Å². The van der Waals surface area contributed by atoms with Gasteiger partial charge in [-0.1, -0.05) is 25.5 Å². The summed E-state index contributed by atoms with van der Waals surface area (Å²) in [5.41, 5.74) is 1.50. The van der Waals surface area contributed by atoms with E-state index in [2.05, 4.69) is 17.2 Å². The first kappa shape index (κ1) is 21.7. The zero-order valence-electron chi connectivity index (χ0n) is 17.4. The van der Waals surface area contributed by atoms with Crippen molar-refractivity contribution in [2.24, 2.45) is 0 Å². The van der Waals surface area contributed by atoms with Gasteiger partial charge in [0.05, 0.1) is 12.1 Å². The molecular weight excluding hydrogens is 388 g/mol. The van der Waals surface area contributed by atoms with E-state index in [1.807, 2.05) is 30.9 Å². The molecule has 1 aromatic carbocycles. The number of fused-ring (bicyclic) bond motifs is 1. The molecule has 1 N–H and O–H groups in total. The number of carbonyl (C=O) groups is 1. The zero-order valence-corrected chi connectivity index (χ0v) is 18.2. The molecule has 1 aliphatic heterocycles. The molecule has 0 aliphatic carbocycles. The Balaban J connectivity index is 1.65. The van der Waals surface area contributed by atoms with E-state index < -0.39 is 10.0 Å². The zero-order chi connectivity index (χ0) is 21.0. The predicted molar refractivity (Wildman–Crippen MR) is 114 cm³/mol. The van der Waals surface area contributed by atoms with Gasteiger partial charge in [0.25, 0.3) is 0 Å². The summed E-state index contributed by atoms with van der Waals surface area (Å²) < 4.78 is 27.9. The highest BCUT2D eigenvalue weighted by Crippen LogP contribution is 2.25. The van der Waals surface area contributed by atoms with E-state index in [0.29, 0.717) is 38.2 Å². The molecule has 1 fully saturated rings. The summed E-state index contributed by atoms with van der Waals surface area (Å²) in [6.45, 7) is 8.13. The molecule has 1 unspecified atom stereocenters. The fourth-order valence-corrected chi connectivity index (χ4v) is 5.33. The Morgan fingerprint density at radius 1 is 1.24 bits per heavy atom. The van der Waals surface area contributed by atoms with E-state index in [-0.39, 0.29) is 16.8 Å². The summed E-state index contributed by atoms with van der Waals surface area (Å²) >= 11 is 0. The smallest absolute Gasteiger partial charge is 0.245 e. The topological polar surface area (TPSA) is 82.6 Å². The highest BCUT2D eigenvalue weighted by atomic mass is 32.2. The second-order valence-electron chi connectivity index (χ2n) is 7.78. The fraction of sp³-hybridized carbons (Fsp3) is 0.524. The molecule has 2 aromatic rings. The lowest BCUT2D eigenvalue weighted by atomic mass is 10.2. The van der Waals surface area contributed by atoms with Gasteiger partial charge in [0, 0.05) is 43.8 Å². The van der Waals surface area contributed by atoms with Crippen LogP contribution >= 0.6 is 0 Å². The Bertz CT molecular complexity index is 969. The van der Waals surface area contributed by atoms with Crippen molar-refractivity contribution in [2.45, 2.75) is 44.6 Å². The minimum atomic E-state index is -3.64. The van der Waals surface area contributed by atoms with Crippen molar-refractivity contribution < 1.29 is 13.2 Å². The number of carbonyl (C=O) groups excluding carboxylic acids is 1. The van der Waals surface area contributed by atoms with Crippen LogP contribution in [0.3, 0.4) is 0 Å². The molecule has 2 heterocycles. The number of amides is 1. The van der Waals surface area contributed by atoms with Crippen LogP contribution in [0.1, 0.15) is 32.3 Å². The molecule has 8 heteroatoms. The lowest BCUT2D eigenvalue weighted by Crippen LogP contribution is -2.51. The van der Waals surface area contributed by atoms with Crippen LogP contribution in [0.2, 0.25) is 0 Å². The van der Waals surface area contributed by atoms with E-state index >= 15 is 0 Å². The summed E-state index contributed by atoms with van der Waals surface area (Å²) in [5, 5.41) is 3.82. The van der Waals surface area contributed by atoms with Crippen LogP contribution in [-0.4, -0.2) is 67.3 Å². The molecule has 1 amide bonds. The van der Waals surface area contributed by atoms with E-state index in [9.17, 15) is 13.2 Å². The van der Waals surface area contributed by atoms with Crippen molar-refractivity contribution in [2.75, 3.05) is 32.7 Å². The number of para-hydroxylation sites is 1. The van der Waals surface area contributed by atoms with Gasteiger partial charge in [-0.3, -0.25) is 14.7 Å². The molecule has 1 atom stereocenters. The number of pyridine rings is 1. The minimum absolute atomic E-state index is 0.00381. The Labute approximate surface area is 173 Å². The van der Waals surface area contributed by atoms with Crippen LogP contribution < -0.4 is 5.32 Å². The maximum atomic E-state index is 13.2. The number of piperazine rings is 1. The number of nitrogens with one attached hydrogen (secondary N) is 1. The molecule has 1 aliphatic rings. The number of sulfonamides is 1. The largest absolute Gasteiger partial charge is 0.353 e. The van der Waals surface area contributed by atoms with Crippen LogP contribution in [0.5, 0.6) is 0 Å². The summed E-state index contributed by atoms with van der Waals surface area (Å²) in [5.74, 6) is -0.00381. The summed E-state index contributed by atoms with van der Waals surface area (Å²) in [4.78, 5) is 18.8. The number of aryl methyl sites for hydroxylation is 1. The average molecular weight is 419 g/mol. The molecule has 158 valence electrons. The third-order valence-electron chi connectivity index (χ3n) is 5.26. The van der Waals surface area contributed by atoms with E-state index in [4.69, 9.17) is 0 Å². The summed E-state index contributed by atoms with van der Waals surface area (Å²) in [7, 11) is -3.64. The van der Waals surface area contributed by atoms with Gasteiger partial charge in [-0.05, 0) is 38.0 Å². The third kappa shape index (κ3) is 5.12. The number of aromatic nitrogens is 1. The van der Waals surface area contributed by atoms with Crippen molar-refractivity contribution in [1.29, 1.82) is 0 Å². The summed E-state index contributed by atoms with van der Waals surface area (Å²) in [6.07, 6.45) is 3.67. The normalized spacial score (nSPS) is 17.3. The van der Waals surface area contributed by atoms with Gasteiger partial charge >= 0.3 is 0 Å². The first-order valence-corrected chi connectivity index (χ1v) is 11.6. The Hall–Kier alpha value is -2.03. The predicted octanol–water partition coefficient (Wildman–Crippen LogP) is 2.15. The van der Waals surface area contributed by atoms with Gasteiger partial charge < -0.3 is 5.32 Å². The maximum Gasteiger partial charge on any atom is 0.245 e. The lowest BCUT2D eigenvalue weighted by molar-refractivity contribution is -0.123. The molecule has 3 rings (SSSR count). The van der Waals surface area contributed by atoms with Crippen LogP contribution in [0.15, 0.2) is 35.4 Å². The molecule has 0 spiro atoms. The van der Waals surface area contributed by atoms with E-state index in [1.165, 1.54) is 4.31 Å². The van der Waals surface area contributed by atoms with Crippen molar-refractivity contribution in [3.63, 3.8) is 0 Å². The Kier molecular flexibility index (Phi) is 6.87. The van der Waals surface area contributed by atoms with Crippen LogP contribution in [0.25, 0.3) is 10.9 Å². The van der Waals surface area contributed by atoms with Gasteiger partial charge in [-0.2, -0.15) is 4.31 Å². The maximum absolute atomic E-state index is 13.2. The molecule has 0 radical (unpaired) electrons. The molecular formula is C21H30N4O3S. The van der Waals surface area contributed by atoms with Crippen molar-refractivity contribution in [1.82, 2.24) is 19.5 Å². The average Bonchev–Trinajstić information content (AvgIpc) is 2.67. The van der Waals surface area contributed by atoms with Gasteiger partial charge in [-0.15, -0.1) is 0 Å². The SMILES string of the molecule is CCCC(C)NC(=O)CN1CCN(S(=O)(=O)c2cccc3cc(C)cnc23)CC1. The highest BCUT2D eigenvalue weighted by Gasteiger charge is 2.30. The first-order valence-electron chi connectivity index (χ1n) is 10.2. The standard InChI is InChI=1S/C21H30N4O3S/c1-4-6-17(3)23-20(26)15-24-9-11-25(12-10-24)29(27,28)19-8-5-7-18-13-16(2)14-22-21(18)19/h5,7-8,13-14,17H,4,6,9-12,15H2,1-3H3,(H,23,26). The van der Waals surface area contributed by atoms with Crippen LogP contribution in [-0.2, 0) is 14.8 Å². The van der Waals surface area contributed by atoms with Gasteiger partial charge in [0.15, 0.2) is 0 Å². The van der Waals surface area contributed by atoms with E-state index in [1.54, 1.807) is 18.3 Å². The molecule has 0 saturated carbocycles. The molecule has 0 bridgehead atoms. The summed E-state index contributed by atoms with van der Waals surface area (Å²) in [6, 6.07) is 7.36. The van der Waals surface area contributed by atoms with Gasteiger partial charge in [0.1, 0.15) is 4.90 Å². The lowest BCUT2D eigenvalue weighted by Gasteiger charge is -2.33. The fourth-order valence-electron chi connectivity index (χ4n) is 3.75. The third-order valence-corrected chi connectivity index (χ3v) is 7.19. The van der Waals surface area contributed by atoms with Gasteiger partial charge in [0.2, 0.25) is 15.9 Å². The molecule has 29 heavy (non-hydrogen) atoms.